The summed E-state index contributed by atoms with van der Waals surface area (Å²) in [6.07, 6.45) is 0. The molecule has 4 rings (SSSR count). The fourth-order valence-corrected chi connectivity index (χ4v) is 3.45. The summed E-state index contributed by atoms with van der Waals surface area (Å²) >= 11 is 8.64. The molecule has 0 atom stereocenters. The zero-order valence-corrected chi connectivity index (χ0v) is 14.5. The molecule has 1 aromatic carbocycles. The molecule has 1 aliphatic heterocycles. The molecule has 0 radical (unpaired) electrons. The summed E-state index contributed by atoms with van der Waals surface area (Å²) in [7, 11) is 0. The third kappa shape index (κ3) is 2.19. The second-order valence-corrected chi connectivity index (χ2v) is 6.70. The molecule has 0 amide bonds. The van der Waals surface area contributed by atoms with Crippen molar-refractivity contribution in [3.8, 4) is 0 Å². The van der Waals surface area contributed by atoms with Crippen LogP contribution in [0, 0.1) is 3.57 Å². The maximum absolute atomic E-state index is 6.44. The van der Waals surface area contributed by atoms with Gasteiger partial charge in [-0.15, -0.1) is 0 Å². The fraction of sp³-hybridized carbons (Fsp3) is 0.286. The standard InChI is InChI=1S/C14H13ClIN5O/c15-10-7(16)1-2-8-9(10)11-12(22-8)13(20-14(17)19-11)21-5-3-18-4-6-21/h1-2,18H,3-6H2,(H2,17,19,20). The van der Waals surface area contributed by atoms with Crippen molar-refractivity contribution in [2.75, 3.05) is 36.8 Å². The Morgan fingerprint density at radius 1 is 1.27 bits per heavy atom. The van der Waals surface area contributed by atoms with Gasteiger partial charge in [-0.05, 0) is 34.7 Å². The Morgan fingerprint density at radius 2 is 2.05 bits per heavy atom. The van der Waals surface area contributed by atoms with Crippen LogP contribution in [-0.2, 0) is 0 Å². The molecule has 1 fully saturated rings. The van der Waals surface area contributed by atoms with E-state index in [1.165, 1.54) is 0 Å². The van der Waals surface area contributed by atoms with Gasteiger partial charge in [0.25, 0.3) is 0 Å². The quantitative estimate of drug-likeness (QED) is 0.579. The summed E-state index contributed by atoms with van der Waals surface area (Å²) in [4.78, 5) is 10.9. The fourth-order valence-electron chi connectivity index (χ4n) is 2.76. The molecular weight excluding hydrogens is 417 g/mol. The van der Waals surface area contributed by atoms with E-state index in [0.29, 0.717) is 21.7 Å². The largest absolute Gasteiger partial charge is 0.450 e. The maximum atomic E-state index is 6.44. The number of benzene rings is 1. The Morgan fingerprint density at radius 3 is 2.82 bits per heavy atom. The van der Waals surface area contributed by atoms with Gasteiger partial charge < -0.3 is 20.4 Å². The average molecular weight is 430 g/mol. The SMILES string of the molecule is Nc1nc(N2CCNCC2)c2oc3ccc(I)c(Cl)c3c2n1. The molecule has 3 aromatic rings. The average Bonchev–Trinajstić information content (AvgIpc) is 2.90. The normalized spacial score (nSPS) is 15.8. The van der Waals surface area contributed by atoms with Gasteiger partial charge in [0, 0.05) is 29.7 Å². The van der Waals surface area contributed by atoms with Crippen molar-refractivity contribution in [3.05, 3.63) is 20.7 Å². The van der Waals surface area contributed by atoms with Crippen LogP contribution in [0.3, 0.4) is 0 Å². The van der Waals surface area contributed by atoms with Crippen molar-refractivity contribution in [1.82, 2.24) is 15.3 Å². The van der Waals surface area contributed by atoms with Gasteiger partial charge in [0.2, 0.25) is 5.95 Å². The molecule has 1 saturated heterocycles. The van der Waals surface area contributed by atoms with Crippen molar-refractivity contribution in [2.45, 2.75) is 0 Å². The van der Waals surface area contributed by atoms with Gasteiger partial charge in [0.05, 0.1) is 10.4 Å². The van der Waals surface area contributed by atoms with Gasteiger partial charge in [-0.25, -0.2) is 4.98 Å². The highest BCUT2D eigenvalue weighted by molar-refractivity contribution is 14.1. The number of anilines is 2. The van der Waals surface area contributed by atoms with E-state index in [1.807, 2.05) is 12.1 Å². The molecule has 22 heavy (non-hydrogen) atoms. The topological polar surface area (TPSA) is 80.2 Å². The number of rotatable bonds is 1. The highest BCUT2D eigenvalue weighted by atomic mass is 127. The van der Waals surface area contributed by atoms with Crippen LogP contribution in [0.2, 0.25) is 5.02 Å². The van der Waals surface area contributed by atoms with Crippen molar-refractivity contribution >= 4 is 68.0 Å². The van der Waals surface area contributed by atoms with Crippen molar-refractivity contribution < 1.29 is 4.42 Å². The summed E-state index contributed by atoms with van der Waals surface area (Å²) in [5.74, 6) is 0.977. The second kappa shape index (κ2) is 5.39. The number of halogens is 2. The van der Waals surface area contributed by atoms with Crippen LogP contribution in [0.5, 0.6) is 0 Å². The number of aromatic nitrogens is 2. The predicted octanol–water partition coefficient (Wildman–Crippen LogP) is 2.63. The van der Waals surface area contributed by atoms with E-state index in [4.69, 9.17) is 21.8 Å². The van der Waals surface area contributed by atoms with Gasteiger partial charge >= 0.3 is 0 Å². The Bertz CT molecular complexity index is 875. The van der Waals surface area contributed by atoms with Gasteiger partial charge in [-0.2, -0.15) is 4.98 Å². The van der Waals surface area contributed by atoms with Crippen LogP contribution in [-0.4, -0.2) is 36.1 Å². The van der Waals surface area contributed by atoms with Gasteiger partial charge in [-0.3, -0.25) is 0 Å². The molecule has 0 aliphatic carbocycles. The molecule has 3 heterocycles. The van der Waals surface area contributed by atoms with Crippen molar-refractivity contribution in [1.29, 1.82) is 0 Å². The summed E-state index contributed by atoms with van der Waals surface area (Å²) in [5, 5.41) is 4.76. The number of hydrogen-bond donors (Lipinski definition) is 2. The summed E-state index contributed by atoms with van der Waals surface area (Å²) in [6.45, 7) is 3.52. The second-order valence-electron chi connectivity index (χ2n) is 5.16. The minimum absolute atomic E-state index is 0.235. The lowest BCUT2D eigenvalue weighted by atomic mass is 10.2. The molecule has 6 nitrogen and oxygen atoms in total. The number of nitrogens with one attached hydrogen (secondary N) is 1. The third-order valence-electron chi connectivity index (χ3n) is 3.79. The van der Waals surface area contributed by atoms with E-state index in [1.54, 1.807) is 0 Å². The van der Waals surface area contributed by atoms with Gasteiger partial charge in [0.15, 0.2) is 11.4 Å². The first-order valence-electron chi connectivity index (χ1n) is 6.94. The molecule has 0 saturated carbocycles. The van der Waals surface area contributed by atoms with E-state index >= 15 is 0 Å². The first kappa shape index (κ1) is 14.3. The molecule has 3 N–H and O–H groups in total. The van der Waals surface area contributed by atoms with Crippen LogP contribution in [0.15, 0.2) is 16.5 Å². The molecule has 0 bridgehead atoms. The first-order chi connectivity index (χ1) is 10.6. The highest BCUT2D eigenvalue weighted by Gasteiger charge is 2.22. The number of furan rings is 1. The Hall–Kier alpha value is -1.32. The van der Waals surface area contributed by atoms with Crippen molar-refractivity contribution in [3.63, 3.8) is 0 Å². The molecule has 8 heteroatoms. The molecule has 0 unspecified atom stereocenters. The Labute approximate surface area is 145 Å². The first-order valence-corrected chi connectivity index (χ1v) is 8.40. The van der Waals surface area contributed by atoms with Crippen LogP contribution in [0.1, 0.15) is 0 Å². The zero-order chi connectivity index (χ0) is 15.3. The van der Waals surface area contributed by atoms with E-state index in [0.717, 1.165) is 41.0 Å². The lowest BCUT2D eigenvalue weighted by molar-refractivity contribution is 0.580. The van der Waals surface area contributed by atoms with Crippen LogP contribution in [0.4, 0.5) is 11.8 Å². The van der Waals surface area contributed by atoms with Crippen LogP contribution >= 0.6 is 34.2 Å². The zero-order valence-electron chi connectivity index (χ0n) is 11.6. The van der Waals surface area contributed by atoms with Crippen LogP contribution < -0.4 is 16.0 Å². The smallest absolute Gasteiger partial charge is 0.222 e. The number of nitrogen functional groups attached to an aromatic ring is 1. The van der Waals surface area contributed by atoms with Gasteiger partial charge in [-0.1, -0.05) is 11.6 Å². The minimum Gasteiger partial charge on any atom is -0.450 e. The number of piperazine rings is 1. The van der Waals surface area contributed by atoms with Crippen LogP contribution in [0.25, 0.3) is 22.1 Å². The van der Waals surface area contributed by atoms with Gasteiger partial charge in [0.1, 0.15) is 11.1 Å². The Kier molecular flexibility index (Phi) is 3.50. The summed E-state index contributed by atoms with van der Waals surface area (Å²) in [5.41, 5.74) is 7.95. The monoisotopic (exact) mass is 429 g/mol. The predicted molar refractivity (Wildman–Crippen MR) is 96.5 cm³/mol. The Balaban J connectivity index is 2.03. The number of hydrogen-bond acceptors (Lipinski definition) is 6. The molecule has 1 aliphatic rings. The molecular formula is C14H13ClIN5O. The molecule has 0 spiro atoms. The number of nitrogens with zero attached hydrogens (tertiary/aromatic N) is 3. The molecule has 2 aromatic heterocycles. The van der Waals surface area contributed by atoms with E-state index < -0.39 is 0 Å². The number of nitrogens with two attached hydrogens (primary N) is 1. The highest BCUT2D eigenvalue weighted by Crippen LogP contribution is 2.38. The molecule has 114 valence electrons. The van der Waals surface area contributed by atoms with E-state index in [-0.39, 0.29) is 5.95 Å². The number of fused-ring (bicyclic) bond motifs is 3. The maximum Gasteiger partial charge on any atom is 0.222 e. The lowest BCUT2D eigenvalue weighted by Crippen LogP contribution is -2.44. The van der Waals surface area contributed by atoms with Crippen molar-refractivity contribution in [2.24, 2.45) is 0 Å². The van der Waals surface area contributed by atoms with E-state index in [9.17, 15) is 0 Å². The summed E-state index contributed by atoms with van der Waals surface area (Å²) < 4.78 is 6.95. The summed E-state index contributed by atoms with van der Waals surface area (Å²) in [6, 6.07) is 3.83. The minimum atomic E-state index is 0.235. The van der Waals surface area contributed by atoms with E-state index in [2.05, 4.69) is 42.8 Å². The third-order valence-corrected chi connectivity index (χ3v) is 5.40. The lowest BCUT2D eigenvalue weighted by Gasteiger charge is -2.28.